The highest BCUT2D eigenvalue weighted by Crippen LogP contribution is 2.40. The third-order valence-corrected chi connectivity index (χ3v) is 6.28. The zero-order valence-electron chi connectivity index (χ0n) is 13.8. The van der Waals surface area contributed by atoms with Crippen molar-refractivity contribution in [3.8, 4) is 5.75 Å². The number of hydrogen-bond acceptors (Lipinski definition) is 5. The van der Waals surface area contributed by atoms with Crippen LogP contribution in [-0.2, 0) is 0 Å². The number of fused-ring (bicyclic) bond motifs is 2. The lowest BCUT2D eigenvalue weighted by Crippen LogP contribution is -2.25. The highest BCUT2D eigenvalue weighted by molar-refractivity contribution is 9.11. The Bertz CT molecular complexity index is 1000. The summed E-state index contributed by atoms with van der Waals surface area (Å²) in [6.07, 6.45) is 0.935. The Kier molecular flexibility index (Phi) is 5.35. The number of benzene rings is 1. The maximum absolute atomic E-state index is 12.0. The molecule has 1 atom stereocenters. The van der Waals surface area contributed by atoms with Crippen molar-refractivity contribution in [3.05, 3.63) is 54.4 Å². The van der Waals surface area contributed by atoms with Gasteiger partial charge in [0.1, 0.15) is 18.2 Å². The Balaban J connectivity index is 1.29. The Morgan fingerprint density at radius 3 is 3.04 bits per heavy atom. The molecule has 0 saturated heterocycles. The highest BCUT2D eigenvalue weighted by Gasteiger charge is 2.26. The predicted molar refractivity (Wildman–Crippen MR) is 114 cm³/mol. The van der Waals surface area contributed by atoms with Gasteiger partial charge < -0.3 is 20.4 Å². The van der Waals surface area contributed by atoms with E-state index in [1.54, 1.807) is 6.07 Å². The Morgan fingerprint density at radius 1 is 1.27 bits per heavy atom. The number of ether oxygens (including phenoxy) is 1. The summed E-state index contributed by atoms with van der Waals surface area (Å²) >= 11 is 8.54. The van der Waals surface area contributed by atoms with Gasteiger partial charge in [-0.1, -0.05) is 15.9 Å². The van der Waals surface area contributed by atoms with Crippen LogP contribution in [0.4, 0.5) is 5.82 Å². The van der Waals surface area contributed by atoms with E-state index in [-0.39, 0.29) is 11.5 Å². The molecule has 0 amide bonds. The van der Waals surface area contributed by atoms with Crippen molar-refractivity contribution in [2.45, 2.75) is 12.5 Å². The Morgan fingerprint density at radius 2 is 2.15 bits per heavy atom. The van der Waals surface area contributed by atoms with E-state index in [2.05, 4.69) is 53.5 Å². The van der Waals surface area contributed by atoms with E-state index >= 15 is 0 Å². The third kappa shape index (κ3) is 3.69. The lowest BCUT2D eigenvalue weighted by molar-refractivity contribution is 0.310. The Labute approximate surface area is 171 Å². The molecule has 4 rings (SSSR count). The molecule has 3 heterocycles. The minimum Gasteiger partial charge on any atom is -0.490 e. The fourth-order valence-corrected chi connectivity index (χ4v) is 5.21. The predicted octanol–water partition coefficient (Wildman–Crippen LogP) is 4.64. The highest BCUT2D eigenvalue weighted by atomic mass is 79.9. The van der Waals surface area contributed by atoms with E-state index in [1.807, 2.05) is 17.5 Å². The van der Waals surface area contributed by atoms with Gasteiger partial charge in [-0.3, -0.25) is 4.79 Å². The molecule has 1 aromatic carbocycles. The average Bonchev–Trinajstić information content (AvgIpc) is 3.22. The second kappa shape index (κ2) is 7.72. The molecule has 2 aromatic heterocycles. The van der Waals surface area contributed by atoms with E-state index in [4.69, 9.17) is 4.74 Å². The quantitative estimate of drug-likeness (QED) is 0.433. The van der Waals surface area contributed by atoms with E-state index in [0.29, 0.717) is 6.61 Å². The molecule has 0 spiro atoms. The molecule has 1 aliphatic rings. The van der Waals surface area contributed by atoms with Gasteiger partial charge in [0.25, 0.3) is 0 Å². The lowest BCUT2D eigenvalue weighted by Gasteiger charge is -2.12. The average molecular weight is 499 g/mol. The maximum atomic E-state index is 12.0. The smallest absolute Gasteiger partial charge is 0.201 e. The zero-order chi connectivity index (χ0) is 18.1. The van der Waals surface area contributed by atoms with Crippen molar-refractivity contribution < 1.29 is 4.74 Å². The Hall–Kier alpha value is -1.35. The van der Waals surface area contributed by atoms with Gasteiger partial charge in [0.05, 0.1) is 20.7 Å². The zero-order valence-corrected chi connectivity index (χ0v) is 17.8. The van der Waals surface area contributed by atoms with Crippen molar-refractivity contribution >= 4 is 59.2 Å². The minimum atomic E-state index is 0.0604. The first-order valence-corrected chi connectivity index (χ1v) is 10.8. The summed E-state index contributed by atoms with van der Waals surface area (Å²) in [5.74, 6) is 1.69. The summed E-state index contributed by atoms with van der Waals surface area (Å²) < 4.78 is 8.57. The van der Waals surface area contributed by atoms with Crippen molar-refractivity contribution in [2.75, 3.05) is 25.0 Å². The standard InChI is InChI=1S/C18H17Br2N3O2S/c19-10-6-11-14(9-25-17(11)12(20)7-10)21-3-1-4-22-16-8-15(24)18-13(23-16)2-5-26-18/h2,5-8,14,21H,1,3-4,9H2,(H2,22,23,24)/t14-/m0/s1. The second-order valence-electron chi connectivity index (χ2n) is 6.11. The minimum absolute atomic E-state index is 0.0604. The molecule has 0 saturated carbocycles. The SMILES string of the molecule is O=c1cc(NCCCN[C@H]2COc3c(Br)cc(Br)cc32)[nH]c2ccsc12. The van der Waals surface area contributed by atoms with Crippen LogP contribution in [0.1, 0.15) is 18.0 Å². The molecular weight excluding hydrogens is 482 g/mol. The largest absolute Gasteiger partial charge is 0.490 e. The van der Waals surface area contributed by atoms with Crippen LogP contribution in [0.25, 0.3) is 10.2 Å². The molecule has 8 heteroatoms. The van der Waals surface area contributed by atoms with Gasteiger partial charge in [-0.15, -0.1) is 11.3 Å². The van der Waals surface area contributed by atoms with Crippen LogP contribution >= 0.6 is 43.2 Å². The van der Waals surface area contributed by atoms with E-state index < -0.39 is 0 Å². The number of rotatable bonds is 6. The first-order chi connectivity index (χ1) is 12.6. The normalized spacial score (nSPS) is 15.8. The van der Waals surface area contributed by atoms with Gasteiger partial charge >= 0.3 is 0 Å². The summed E-state index contributed by atoms with van der Waals surface area (Å²) in [6, 6.07) is 7.85. The van der Waals surface area contributed by atoms with Crippen LogP contribution in [0.15, 0.2) is 43.4 Å². The van der Waals surface area contributed by atoms with Crippen LogP contribution in [-0.4, -0.2) is 24.7 Å². The second-order valence-corrected chi connectivity index (χ2v) is 8.80. The van der Waals surface area contributed by atoms with Gasteiger partial charge in [0.2, 0.25) is 5.43 Å². The molecule has 26 heavy (non-hydrogen) atoms. The van der Waals surface area contributed by atoms with Crippen LogP contribution in [0.3, 0.4) is 0 Å². The summed E-state index contributed by atoms with van der Waals surface area (Å²) in [5.41, 5.74) is 2.12. The van der Waals surface area contributed by atoms with Crippen LogP contribution in [0.5, 0.6) is 5.75 Å². The molecule has 5 nitrogen and oxygen atoms in total. The monoisotopic (exact) mass is 497 g/mol. The number of halogens is 2. The third-order valence-electron chi connectivity index (χ3n) is 4.30. The van der Waals surface area contributed by atoms with Crippen LogP contribution in [0.2, 0.25) is 0 Å². The van der Waals surface area contributed by atoms with Crippen LogP contribution < -0.4 is 20.8 Å². The lowest BCUT2D eigenvalue weighted by atomic mass is 10.1. The maximum Gasteiger partial charge on any atom is 0.201 e. The molecule has 0 bridgehead atoms. The number of anilines is 1. The van der Waals surface area contributed by atoms with E-state index in [9.17, 15) is 4.79 Å². The first-order valence-electron chi connectivity index (χ1n) is 8.31. The van der Waals surface area contributed by atoms with Crippen molar-refractivity contribution in [2.24, 2.45) is 0 Å². The number of pyridine rings is 1. The van der Waals surface area contributed by atoms with Crippen molar-refractivity contribution in [3.63, 3.8) is 0 Å². The van der Waals surface area contributed by atoms with E-state index in [0.717, 1.165) is 50.2 Å². The topological polar surface area (TPSA) is 66.2 Å². The number of H-pyrrole nitrogens is 1. The molecular formula is C18H17Br2N3O2S. The number of hydrogen-bond donors (Lipinski definition) is 3. The number of nitrogens with one attached hydrogen (secondary N) is 3. The van der Waals surface area contributed by atoms with Gasteiger partial charge in [-0.25, -0.2) is 0 Å². The van der Waals surface area contributed by atoms with Gasteiger partial charge in [-0.05, 0) is 52.5 Å². The summed E-state index contributed by atoms with van der Waals surface area (Å²) in [7, 11) is 0. The summed E-state index contributed by atoms with van der Waals surface area (Å²) in [6.45, 7) is 2.27. The molecule has 136 valence electrons. The molecule has 0 fully saturated rings. The van der Waals surface area contributed by atoms with Crippen molar-refractivity contribution in [1.29, 1.82) is 0 Å². The van der Waals surface area contributed by atoms with Gasteiger partial charge in [0.15, 0.2) is 0 Å². The number of aromatic amines is 1. The number of aromatic nitrogens is 1. The molecule has 1 aliphatic heterocycles. The first kappa shape index (κ1) is 18.0. The molecule has 3 N–H and O–H groups in total. The fourth-order valence-electron chi connectivity index (χ4n) is 3.08. The summed E-state index contributed by atoms with van der Waals surface area (Å²) in [5, 5.41) is 8.76. The number of thiophene rings is 1. The van der Waals surface area contributed by atoms with Gasteiger partial charge in [-0.2, -0.15) is 0 Å². The summed E-state index contributed by atoms with van der Waals surface area (Å²) in [4.78, 5) is 15.3. The van der Waals surface area contributed by atoms with Gasteiger partial charge in [0, 0.05) is 22.6 Å². The van der Waals surface area contributed by atoms with Crippen LogP contribution in [0, 0.1) is 0 Å². The molecule has 0 radical (unpaired) electrons. The molecule has 0 aliphatic carbocycles. The fraction of sp³-hybridized carbons (Fsp3) is 0.278. The van der Waals surface area contributed by atoms with Crippen molar-refractivity contribution in [1.82, 2.24) is 10.3 Å². The molecule has 3 aromatic rings. The molecule has 0 unspecified atom stereocenters. The van der Waals surface area contributed by atoms with E-state index in [1.165, 1.54) is 16.9 Å².